The molecule has 1 rings (SSSR count). The number of ketones is 1. The van der Waals surface area contributed by atoms with Gasteiger partial charge in [0.1, 0.15) is 5.78 Å². The molecule has 0 radical (unpaired) electrons. The Bertz CT molecular complexity index is 296. The Morgan fingerprint density at radius 1 is 1.12 bits per heavy atom. The lowest BCUT2D eigenvalue weighted by Crippen LogP contribution is -2.38. The molecule has 0 atom stereocenters. The van der Waals surface area contributed by atoms with Crippen LogP contribution in [0.1, 0.15) is 39.0 Å². The van der Waals surface area contributed by atoms with Gasteiger partial charge in [0.2, 0.25) is 11.8 Å². The van der Waals surface area contributed by atoms with Crippen molar-refractivity contribution < 1.29 is 14.4 Å². The molecule has 1 aliphatic rings. The summed E-state index contributed by atoms with van der Waals surface area (Å²) >= 11 is 0. The maximum Gasteiger partial charge on any atom is 0.227 e. The van der Waals surface area contributed by atoms with Crippen molar-refractivity contribution in [2.24, 2.45) is 0 Å². The summed E-state index contributed by atoms with van der Waals surface area (Å²) in [5.74, 6) is -0.373. The molecule has 5 heteroatoms. The molecular weight excluding hydrogens is 220 g/mol. The molecule has 0 spiro atoms. The van der Waals surface area contributed by atoms with Crippen molar-refractivity contribution in [2.45, 2.75) is 39.0 Å². The molecule has 0 bridgehead atoms. The van der Waals surface area contributed by atoms with Gasteiger partial charge < -0.3 is 10.2 Å². The molecule has 1 aliphatic heterocycles. The number of carbonyl (C=O) groups is 3. The van der Waals surface area contributed by atoms with Crippen LogP contribution >= 0.6 is 0 Å². The Morgan fingerprint density at radius 2 is 1.76 bits per heavy atom. The van der Waals surface area contributed by atoms with Crippen molar-refractivity contribution >= 4 is 17.6 Å². The van der Waals surface area contributed by atoms with E-state index in [2.05, 4.69) is 5.32 Å². The number of Topliss-reactive ketones (excluding diaryl/α,β-unsaturated/α-hetero) is 1. The second kappa shape index (κ2) is 7.04. The first-order valence-electron chi connectivity index (χ1n) is 6.13. The normalized spacial score (nSPS) is 15.5. The highest BCUT2D eigenvalue weighted by Crippen LogP contribution is 2.09. The van der Waals surface area contributed by atoms with Crippen molar-refractivity contribution in [1.82, 2.24) is 10.2 Å². The zero-order valence-corrected chi connectivity index (χ0v) is 10.3. The molecule has 0 unspecified atom stereocenters. The number of hydrogen-bond donors (Lipinski definition) is 1. The fourth-order valence-corrected chi connectivity index (χ4v) is 1.90. The van der Waals surface area contributed by atoms with Crippen molar-refractivity contribution in [3.63, 3.8) is 0 Å². The maximum atomic E-state index is 11.7. The second-order valence-corrected chi connectivity index (χ2v) is 4.42. The minimum atomic E-state index is -0.302. The van der Waals surface area contributed by atoms with Gasteiger partial charge in [0.25, 0.3) is 0 Å². The van der Waals surface area contributed by atoms with Crippen LogP contribution in [0.2, 0.25) is 0 Å². The molecule has 1 saturated heterocycles. The number of likely N-dealkylation sites (tertiary alicyclic amines) is 1. The Balaban J connectivity index is 2.15. The summed E-state index contributed by atoms with van der Waals surface area (Å²) in [6, 6.07) is 0. The first-order chi connectivity index (χ1) is 8.09. The molecule has 96 valence electrons. The van der Waals surface area contributed by atoms with E-state index in [9.17, 15) is 14.4 Å². The van der Waals surface area contributed by atoms with Gasteiger partial charge in [-0.25, -0.2) is 0 Å². The van der Waals surface area contributed by atoms with Crippen LogP contribution in [0.4, 0.5) is 0 Å². The Hall–Kier alpha value is -1.39. The zero-order chi connectivity index (χ0) is 12.7. The predicted octanol–water partition coefficient (Wildman–Crippen LogP) is 0.484. The molecule has 5 nitrogen and oxygen atoms in total. The molecule has 2 amide bonds. The van der Waals surface area contributed by atoms with Crippen LogP contribution in [0.3, 0.4) is 0 Å². The summed E-state index contributed by atoms with van der Waals surface area (Å²) in [7, 11) is 0. The van der Waals surface area contributed by atoms with Gasteiger partial charge in [0.05, 0.1) is 6.42 Å². The summed E-state index contributed by atoms with van der Waals surface area (Å²) in [4.78, 5) is 35.4. The average molecular weight is 240 g/mol. The highest BCUT2D eigenvalue weighted by atomic mass is 16.2. The number of nitrogens with one attached hydrogen (secondary N) is 1. The van der Waals surface area contributed by atoms with Gasteiger partial charge in [-0.2, -0.15) is 0 Å². The first kappa shape index (κ1) is 13.7. The third-order valence-corrected chi connectivity index (χ3v) is 2.78. The lowest BCUT2D eigenvalue weighted by molar-refractivity contribution is -0.132. The van der Waals surface area contributed by atoms with E-state index in [0.717, 1.165) is 25.9 Å². The summed E-state index contributed by atoms with van der Waals surface area (Å²) in [5, 5.41) is 2.58. The largest absolute Gasteiger partial charge is 0.355 e. The third-order valence-electron chi connectivity index (χ3n) is 2.78. The topological polar surface area (TPSA) is 66.5 Å². The molecule has 1 N–H and O–H groups in total. The Morgan fingerprint density at radius 3 is 2.35 bits per heavy atom. The van der Waals surface area contributed by atoms with E-state index in [1.165, 1.54) is 13.3 Å². The van der Waals surface area contributed by atoms with Gasteiger partial charge in [-0.3, -0.25) is 14.4 Å². The van der Waals surface area contributed by atoms with Gasteiger partial charge in [-0.15, -0.1) is 0 Å². The number of rotatable bonds is 5. The lowest BCUT2D eigenvalue weighted by atomic mass is 10.1. The van der Waals surface area contributed by atoms with E-state index in [4.69, 9.17) is 0 Å². The number of hydrogen-bond acceptors (Lipinski definition) is 3. The average Bonchev–Trinajstić information content (AvgIpc) is 2.29. The highest BCUT2D eigenvalue weighted by molar-refractivity contribution is 5.96. The van der Waals surface area contributed by atoms with Gasteiger partial charge in [-0.1, -0.05) is 0 Å². The number of amides is 2. The molecule has 1 fully saturated rings. The number of piperidine rings is 1. The minimum absolute atomic E-state index is 0.0906. The van der Waals surface area contributed by atoms with Gasteiger partial charge in [-0.05, 0) is 26.2 Å². The van der Waals surface area contributed by atoms with Crippen LogP contribution in [-0.2, 0) is 14.4 Å². The molecule has 0 saturated carbocycles. The predicted molar refractivity (Wildman–Crippen MR) is 63.4 cm³/mol. The van der Waals surface area contributed by atoms with Crippen LogP contribution in [0.5, 0.6) is 0 Å². The van der Waals surface area contributed by atoms with Crippen LogP contribution in [0.15, 0.2) is 0 Å². The lowest BCUT2D eigenvalue weighted by Gasteiger charge is -2.26. The molecule has 0 aromatic heterocycles. The van der Waals surface area contributed by atoms with E-state index in [1.54, 1.807) is 0 Å². The van der Waals surface area contributed by atoms with Gasteiger partial charge in [0.15, 0.2) is 0 Å². The molecule has 0 aliphatic carbocycles. The van der Waals surface area contributed by atoms with E-state index >= 15 is 0 Å². The zero-order valence-electron chi connectivity index (χ0n) is 10.3. The molecule has 0 aromatic rings. The van der Waals surface area contributed by atoms with Crippen molar-refractivity contribution in [2.75, 3.05) is 19.6 Å². The smallest absolute Gasteiger partial charge is 0.227 e. The molecule has 0 aromatic carbocycles. The van der Waals surface area contributed by atoms with E-state index < -0.39 is 0 Å². The molecular formula is C12H20N2O3. The standard InChI is InChI=1S/C12H20N2O3/c1-10(15)9-11(16)13-6-5-12(17)14-7-3-2-4-8-14/h2-9H2,1H3,(H,13,16). The summed E-state index contributed by atoms with van der Waals surface area (Å²) in [6.45, 7) is 3.36. The van der Waals surface area contributed by atoms with Gasteiger partial charge in [0, 0.05) is 26.1 Å². The SMILES string of the molecule is CC(=O)CC(=O)NCCC(=O)N1CCCCC1. The second-order valence-electron chi connectivity index (χ2n) is 4.42. The van der Waals surface area contributed by atoms with Crippen LogP contribution in [0.25, 0.3) is 0 Å². The summed E-state index contributed by atoms with van der Waals surface area (Å²) in [6.07, 6.45) is 3.56. The van der Waals surface area contributed by atoms with Crippen LogP contribution in [-0.4, -0.2) is 42.1 Å². The van der Waals surface area contributed by atoms with Crippen LogP contribution < -0.4 is 5.32 Å². The van der Waals surface area contributed by atoms with E-state index in [1.807, 2.05) is 4.90 Å². The molecule has 17 heavy (non-hydrogen) atoms. The fraction of sp³-hybridized carbons (Fsp3) is 0.750. The molecule has 1 heterocycles. The number of nitrogens with zero attached hydrogens (tertiary/aromatic N) is 1. The Kier molecular flexibility index (Phi) is 5.66. The van der Waals surface area contributed by atoms with Crippen molar-refractivity contribution in [1.29, 1.82) is 0 Å². The van der Waals surface area contributed by atoms with E-state index in [0.29, 0.717) is 13.0 Å². The fourth-order valence-electron chi connectivity index (χ4n) is 1.90. The minimum Gasteiger partial charge on any atom is -0.355 e. The monoisotopic (exact) mass is 240 g/mol. The van der Waals surface area contributed by atoms with Crippen molar-refractivity contribution in [3.8, 4) is 0 Å². The third kappa shape index (κ3) is 5.47. The van der Waals surface area contributed by atoms with Gasteiger partial charge >= 0.3 is 0 Å². The maximum absolute atomic E-state index is 11.7. The number of carbonyl (C=O) groups excluding carboxylic acids is 3. The summed E-state index contributed by atoms with van der Waals surface area (Å²) in [5.41, 5.74) is 0. The first-order valence-corrected chi connectivity index (χ1v) is 6.13. The highest BCUT2D eigenvalue weighted by Gasteiger charge is 2.16. The van der Waals surface area contributed by atoms with Crippen LogP contribution in [0, 0.1) is 0 Å². The van der Waals surface area contributed by atoms with E-state index in [-0.39, 0.29) is 24.0 Å². The summed E-state index contributed by atoms with van der Waals surface area (Å²) < 4.78 is 0. The Labute approximate surface area is 102 Å². The quantitative estimate of drug-likeness (QED) is 0.711. The van der Waals surface area contributed by atoms with Crippen molar-refractivity contribution in [3.05, 3.63) is 0 Å².